The van der Waals surface area contributed by atoms with Crippen LogP contribution in [0.5, 0.6) is 0 Å². The summed E-state index contributed by atoms with van der Waals surface area (Å²) in [5.74, 6) is -1.06. The van der Waals surface area contributed by atoms with Crippen LogP contribution in [0.1, 0.15) is 36.8 Å². The molecule has 0 aliphatic carbocycles. The number of H-pyrrole nitrogens is 1. The Bertz CT molecular complexity index is 810. The monoisotopic (exact) mass is 327 g/mol. The van der Waals surface area contributed by atoms with Gasteiger partial charge in [0.2, 0.25) is 0 Å². The van der Waals surface area contributed by atoms with Crippen molar-refractivity contribution in [3.05, 3.63) is 41.5 Å². The molecule has 3 heterocycles. The molecule has 2 N–H and O–H groups in total. The lowest BCUT2D eigenvalue weighted by Crippen LogP contribution is -2.41. The van der Waals surface area contributed by atoms with Gasteiger partial charge in [-0.25, -0.2) is 4.79 Å². The molecule has 0 bridgehead atoms. The number of pyridine rings is 1. The Kier molecular flexibility index (Phi) is 4.13. The highest BCUT2D eigenvalue weighted by molar-refractivity contribution is 6.39. The molecule has 24 heavy (non-hydrogen) atoms. The van der Waals surface area contributed by atoms with Crippen molar-refractivity contribution in [2.24, 2.45) is 5.16 Å². The Morgan fingerprint density at radius 3 is 2.83 bits per heavy atom. The SMILES string of the molecule is CCCC1(c2ncccc2-c2cc(C)[nH]c2C)CON=C1C(=O)O. The van der Waals surface area contributed by atoms with Crippen LogP contribution in [0.4, 0.5) is 0 Å². The number of oxime groups is 1. The van der Waals surface area contributed by atoms with E-state index in [0.29, 0.717) is 12.1 Å². The number of hydrogen-bond acceptors (Lipinski definition) is 4. The summed E-state index contributed by atoms with van der Waals surface area (Å²) < 4.78 is 0. The second kappa shape index (κ2) is 6.11. The molecule has 2 aromatic heterocycles. The third-order valence-corrected chi connectivity index (χ3v) is 4.50. The van der Waals surface area contributed by atoms with E-state index >= 15 is 0 Å². The summed E-state index contributed by atoms with van der Waals surface area (Å²) in [5.41, 5.74) is 3.96. The van der Waals surface area contributed by atoms with Crippen LogP contribution in [0.3, 0.4) is 0 Å². The van der Waals surface area contributed by atoms with E-state index in [9.17, 15) is 9.90 Å². The summed E-state index contributed by atoms with van der Waals surface area (Å²) in [4.78, 5) is 24.8. The van der Waals surface area contributed by atoms with Gasteiger partial charge < -0.3 is 14.9 Å². The summed E-state index contributed by atoms with van der Waals surface area (Å²) in [7, 11) is 0. The number of carbonyl (C=O) groups is 1. The molecule has 0 saturated carbocycles. The van der Waals surface area contributed by atoms with E-state index in [1.807, 2.05) is 32.9 Å². The van der Waals surface area contributed by atoms with Crippen LogP contribution < -0.4 is 0 Å². The van der Waals surface area contributed by atoms with Crippen molar-refractivity contribution in [2.75, 3.05) is 6.61 Å². The maximum Gasteiger partial charge on any atom is 0.354 e. The van der Waals surface area contributed by atoms with Crippen LogP contribution in [-0.2, 0) is 15.0 Å². The fourth-order valence-electron chi connectivity index (χ4n) is 3.53. The van der Waals surface area contributed by atoms with Gasteiger partial charge in [0, 0.05) is 28.7 Å². The van der Waals surface area contributed by atoms with Crippen molar-refractivity contribution in [1.82, 2.24) is 9.97 Å². The third-order valence-electron chi connectivity index (χ3n) is 4.50. The molecule has 1 aliphatic heterocycles. The maximum absolute atomic E-state index is 11.7. The summed E-state index contributed by atoms with van der Waals surface area (Å²) >= 11 is 0. The van der Waals surface area contributed by atoms with E-state index in [2.05, 4.69) is 21.2 Å². The minimum Gasteiger partial charge on any atom is -0.477 e. The molecule has 0 amide bonds. The van der Waals surface area contributed by atoms with Crippen molar-refractivity contribution in [3.8, 4) is 11.1 Å². The summed E-state index contributed by atoms with van der Waals surface area (Å²) in [6.07, 6.45) is 3.12. The van der Waals surface area contributed by atoms with Gasteiger partial charge in [-0.15, -0.1) is 0 Å². The maximum atomic E-state index is 11.7. The number of aliphatic carboxylic acids is 1. The van der Waals surface area contributed by atoms with Gasteiger partial charge in [-0.2, -0.15) is 0 Å². The summed E-state index contributed by atoms with van der Waals surface area (Å²) in [6.45, 7) is 6.23. The zero-order chi connectivity index (χ0) is 17.3. The number of carboxylic acids is 1. The molecule has 1 atom stereocenters. The largest absolute Gasteiger partial charge is 0.477 e. The number of aryl methyl sites for hydroxylation is 2. The number of carboxylic acid groups (broad SMARTS) is 1. The lowest BCUT2D eigenvalue weighted by atomic mass is 9.74. The summed E-state index contributed by atoms with van der Waals surface area (Å²) in [5, 5.41) is 13.4. The molecule has 6 heteroatoms. The highest BCUT2D eigenvalue weighted by atomic mass is 16.6. The minimum atomic E-state index is -1.06. The van der Waals surface area contributed by atoms with E-state index in [-0.39, 0.29) is 12.3 Å². The van der Waals surface area contributed by atoms with Crippen molar-refractivity contribution in [1.29, 1.82) is 0 Å². The van der Waals surface area contributed by atoms with Gasteiger partial charge in [0.25, 0.3) is 0 Å². The zero-order valence-electron chi connectivity index (χ0n) is 14.1. The fraction of sp³-hybridized carbons (Fsp3) is 0.389. The lowest BCUT2D eigenvalue weighted by Gasteiger charge is -2.27. The van der Waals surface area contributed by atoms with Crippen LogP contribution in [0.25, 0.3) is 11.1 Å². The van der Waals surface area contributed by atoms with E-state index in [0.717, 1.165) is 28.9 Å². The molecule has 0 radical (unpaired) electrons. The summed E-state index contributed by atoms with van der Waals surface area (Å²) in [6, 6.07) is 5.91. The van der Waals surface area contributed by atoms with Gasteiger partial charge in [0.1, 0.15) is 12.0 Å². The number of aromatic nitrogens is 2. The Morgan fingerprint density at radius 2 is 2.21 bits per heavy atom. The molecule has 126 valence electrons. The molecular formula is C18H21N3O3. The Morgan fingerprint density at radius 1 is 1.42 bits per heavy atom. The first-order chi connectivity index (χ1) is 11.5. The molecule has 0 spiro atoms. The quantitative estimate of drug-likeness (QED) is 0.883. The van der Waals surface area contributed by atoms with Crippen LogP contribution in [0, 0.1) is 13.8 Å². The van der Waals surface area contributed by atoms with Crippen LogP contribution >= 0.6 is 0 Å². The molecule has 0 fully saturated rings. The normalized spacial score (nSPS) is 19.9. The number of rotatable bonds is 5. The second-order valence-corrected chi connectivity index (χ2v) is 6.24. The first kappa shape index (κ1) is 16.2. The third kappa shape index (κ3) is 2.48. The second-order valence-electron chi connectivity index (χ2n) is 6.24. The molecule has 3 rings (SSSR count). The van der Waals surface area contributed by atoms with Gasteiger partial charge >= 0.3 is 5.97 Å². The molecule has 2 aromatic rings. The molecule has 1 aliphatic rings. The molecule has 6 nitrogen and oxygen atoms in total. The van der Waals surface area contributed by atoms with Crippen LogP contribution in [0.15, 0.2) is 29.6 Å². The van der Waals surface area contributed by atoms with Gasteiger partial charge in [-0.05, 0) is 32.4 Å². The molecular weight excluding hydrogens is 306 g/mol. The predicted molar refractivity (Wildman–Crippen MR) is 91.1 cm³/mol. The number of hydrogen-bond donors (Lipinski definition) is 2. The zero-order valence-corrected chi connectivity index (χ0v) is 14.1. The predicted octanol–water partition coefficient (Wildman–Crippen LogP) is 3.20. The molecule has 1 unspecified atom stereocenters. The van der Waals surface area contributed by atoms with Crippen molar-refractivity contribution in [2.45, 2.75) is 39.0 Å². The van der Waals surface area contributed by atoms with Gasteiger partial charge in [0.15, 0.2) is 5.71 Å². The van der Waals surface area contributed by atoms with E-state index in [4.69, 9.17) is 4.84 Å². The standard InChI is InChI=1S/C18H21N3O3/c1-4-7-18(10-24-21-16(18)17(22)23)15-13(6-5-8-19-15)14-9-11(2)20-12(14)3/h5-6,8-9,20H,4,7,10H2,1-3H3,(H,22,23). The van der Waals surface area contributed by atoms with Gasteiger partial charge in [-0.3, -0.25) is 4.98 Å². The van der Waals surface area contributed by atoms with Crippen LogP contribution in [0.2, 0.25) is 0 Å². The van der Waals surface area contributed by atoms with Crippen molar-refractivity contribution in [3.63, 3.8) is 0 Å². The lowest BCUT2D eigenvalue weighted by molar-refractivity contribution is -0.129. The Hall–Kier alpha value is -2.63. The highest BCUT2D eigenvalue weighted by Crippen LogP contribution is 2.40. The number of nitrogens with zero attached hydrogens (tertiary/aromatic N) is 2. The van der Waals surface area contributed by atoms with E-state index < -0.39 is 11.4 Å². The smallest absolute Gasteiger partial charge is 0.354 e. The number of aromatic amines is 1. The van der Waals surface area contributed by atoms with Crippen LogP contribution in [-0.4, -0.2) is 33.4 Å². The highest BCUT2D eigenvalue weighted by Gasteiger charge is 2.48. The Labute approximate surface area is 140 Å². The van der Waals surface area contributed by atoms with Crippen molar-refractivity contribution < 1.29 is 14.7 Å². The first-order valence-corrected chi connectivity index (χ1v) is 8.05. The Balaban J connectivity index is 2.23. The van der Waals surface area contributed by atoms with Gasteiger partial charge in [-0.1, -0.05) is 24.6 Å². The van der Waals surface area contributed by atoms with Gasteiger partial charge in [0.05, 0.1) is 5.69 Å². The molecule has 0 saturated heterocycles. The average Bonchev–Trinajstić information content (AvgIpc) is 3.11. The van der Waals surface area contributed by atoms with E-state index in [1.54, 1.807) is 6.20 Å². The van der Waals surface area contributed by atoms with E-state index in [1.165, 1.54) is 0 Å². The van der Waals surface area contributed by atoms with Crippen molar-refractivity contribution >= 4 is 11.7 Å². The fourth-order valence-corrected chi connectivity index (χ4v) is 3.53. The molecule has 0 aromatic carbocycles. The average molecular weight is 327 g/mol. The topological polar surface area (TPSA) is 87.6 Å². The number of nitrogens with one attached hydrogen (secondary N) is 1. The first-order valence-electron chi connectivity index (χ1n) is 8.05. The minimum absolute atomic E-state index is 0.0363.